The van der Waals surface area contributed by atoms with Crippen LogP contribution in [0, 0.1) is 29.6 Å². The third-order valence-corrected chi connectivity index (χ3v) is 7.07. The van der Waals surface area contributed by atoms with Crippen LogP contribution in [0.25, 0.3) is 0 Å². The predicted octanol–water partition coefficient (Wildman–Crippen LogP) is 2.53. The van der Waals surface area contributed by atoms with E-state index in [2.05, 4.69) is 5.16 Å². The third kappa shape index (κ3) is 3.89. The first-order valence-corrected chi connectivity index (χ1v) is 11.3. The van der Waals surface area contributed by atoms with Gasteiger partial charge >= 0.3 is 0 Å². The molecule has 168 valence electrons. The van der Waals surface area contributed by atoms with Gasteiger partial charge in [-0.2, -0.15) is 0 Å². The Labute approximate surface area is 183 Å². The second kappa shape index (κ2) is 8.71. The number of aliphatic hydroxyl groups is 2. The summed E-state index contributed by atoms with van der Waals surface area (Å²) in [5, 5.41) is 25.7. The van der Waals surface area contributed by atoms with Gasteiger partial charge in [0, 0.05) is 18.3 Å². The van der Waals surface area contributed by atoms with Crippen LogP contribution in [0.2, 0.25) is 0 Å². The Morgan fingerprint density at radius 3 is 2.42 bits per heavy atom. The summed E-state index contributed by atoms with van der Waals surface area (Å²) in [6.45, 7) is 6.38. The molecule has 2 aliphatic carbocycles. The van der Waals surface area contributed by atoms with E-state index in [1.54, 1.807) is 0 Å². The van der Waals surface area contributed by atoms with E-state index in [0.29, 0.717) is 31.1 Å². The Balaban J connectivity index is 1.62. The number of carbonyl (C=O) groups is 2. The van der Waals surface area contributed by atoms with Crippen LogP contribution >= 0.6 is 0 Å². The summed E-state index contributed by atoms with van der Waals surface area (Å²) in [6, 6.07) is 9.12. The molecule has 2 N–H and O–H groups in total. The van der Waals surface area contributed by atoms with Gasteiger partial charge < -0.3 is 15.1 Å². The van der Waals surface area contributed by atoms with Gasteiger partial charge in [0.25, 0.3) is 0 Å². The number of hydrogen-bond donors (Lipinski definition) is 2. The minimum atomic E-state index is -1.06. The molecule has 7 heteroatoms. The van der Waals surface area contributed by atoms with Crippen molar-refractivity contribution in [2.45, 2.75) is 58.3 Å². The molecule has 1 aromatic rings. The molecule has 2 amide bonds. The molecule has 4 rings (SSSR count). The zero-order chi connectivity index (χ0) is 22.3. The van der Waals surface area contributed by atoms with Crippen molar-refractivity contribution in [3.8, 4) is 0 Å². The molecule has 7 atom stereocenters. The lowest BCUT2D eigenvalue weighted by Gasteiger charge is -2.45. The molecule has 0 radical (unpaired) electrons. The van der Waals surface area contributed by atoms with Crippen molar-refractivity contribution in [1.82, 2.24) is 4.90 Å². The minimum Gasteiger partial charge on any atom is -0.396 e. The molecule has 31 heavy (non-hydrogen) atoms. The van der Waals surface area contributed by atoms with Crippen molar-refractivity contribution in [1.29, 1.82) is 0 Å². The van der Waals surface area contributed by atoms with Gasteiger partial charge in [0.1, 0.15) is 6.61 Å². The highest BCUT2D eigenvalue weighted by molar-refractivity contribution is 6.06. The number of hydrogen-bond acceptors (Lipinski definition) is 6. The van der Waals surface area contributed by atoms with E-state index in [1.165, 1.54) is 4.90 Å². The molecule has 1 aliphatic heterocycles. The average molecular weight is 429 g/mol. The maximum Gasteiger partial charge on any atom is 0.234 e. The number of likely N-dealkylation sites (tertiary alicyclic amines) is 1. The first-order chi connectivity index (χ1) is 14.8. The van der Waals surface area contributed by atoms with Gasteiger partial charge in [0.05, 0.1) is 35.8 Å². The number of fused-ring (bicyclic) bond motifs is 3. The van der Waals surface area contributed by atoms with Crippen molar-refractivity contribution in [3.63, 3.8) is 0 Å². The lowest BCUT2D eigenvalue weighted by atomic mass is 9.60. The van der Waals surface area contributed by atoms with Crippen molar-refractivity contribution in [2.75, 3.05) is 6.61 Å². The third-order valence-electron chi connectivity index (χ3n) is 7.07. The van der Waals surface area contributed by atoms with Gasteiger partial charge in [-0.1, -0.05) is 49.3 Å². The second-order valence-corrected chi connectivity index (χ2v) is 9.56. The smallest absolute Gasteiger partial charge is 0.234 e. The summed E-state index contributed by atoms with van der Waals surface area (Å²) >= 11 is 0. The molecule has 3 aliphatic rings. The van der Waals surface area contributed by atoms with Crippen molar-refractivity contribution in [2.24, 2.45) is 34.7 Å². The number of benzene rings is 1. The van der Waals surface area contributed by atoms with E-state index < -0.39 is 30.0 Å². The summed E-state index contributed by atoms with van der Waals surface area (Å²) in [6.07, 6.45) is -0.646. The number of rotatable bonds is 5. The van der Waals surface area contributed by atoms with Crippen LogP contribution in [-0.4, -0.2) is 51.5 Å². The molecule has 0 spiro atoms. The molecule has 0 unspecified atom stereocenters. The van der Waals surface area contributed by atoms with Crippen LogP contribution in [0.5, 0.6) is 0 Å². The maximum absolute atomic E-state index is 13.5. The zero-order valence-electron chi connectivity index (χ0n) is 18.3. The molecule has 1 aromatic carbocycles. The van der Waals surface area contributed by atoms with Crippen molar-refractivity contribution >= 4 is 17.5 Å². The molecule has 1 saturated heterocycles. The fraction of sp³-hybridized carbons (Fsp3) is 0.625. The first kappa shape index (κ1) is 22.0. The molecule has 0 bridgehead atoms. The topological polar surface area (TPSA) is 99.4 Å². The van der Waals surface area contributed by atoms with Gasteiger partial charge in [-0.3, -0.25) is 14.5 Å². The number of imide groups is 1. The van der Waals surface area contributed by atoms with Crippen LogP contribution in [0.15, 0.2) is 35.5 Å². The standard InChI is InChI=1S/C24H32N2O5/c1-13(2)12-31-25-18-11-19(27)22(28)20-16(18)9-10-17-21(20)24(30)26(23(17)29)14(3)15-7-5-4-6-8-15/h4-8,13-14,16-17,19-22,27-28H,9-12H2,1-3H3/b25-18+/t14-,16-,17+,19+,20-,21+,22+/m0/s1. The lowest BCUT2D eigenvalue weighted by molar-refractivity contribution is -0.144. The molecular weight excluding hydrogens is 396 g/mol. The highest BCUT2D eigenvalue weighted by Crippen LogP contribution is 2.51. The fourth-order valence-corrected chi connectivity index (χ4v) is 5.53. The maximum atomic E-state index is 13.5. The zero-order valence-corrected chi connectivity index (χ0v) is 18.3. The normalized spacial score (nSPS) is 35.3. The monoisotopic (exact) mass is 428 g/mol. The number of aliphatic hydroxyl groups excluding tert-OH is 2. The van der Waals surface area contributed by atoms with Crippen LogP contribution in [0.1, 0.15) is 51.6 Å². The van der Waals surface area contributed by atoms with E-state index in [9.17, 15) is 19.8 Å². The number of carbonyl (C=O) groups excluding carboxylic acids is 2. The van der Waals surface area contributed by atoms with Gasteiger partial charge in [-0.15, -0.1) is 0 Å². The van der Waals surface area contributed by atoms with Gasteiger partial charge in [0.2, 0.25) is 11.8 Å². The summed E-state index contributed by atoms with van der Waals surface area (Å²) in [5.74, 6) is -1.92. The average Bonchev–Trinajstić information content (AvgIpc) is 3.01. The summed E-state index contributed by atoms with van der Waals surface area (Å²) in [7, 11) is 0. The highest BCUT2D eigenvalue weighted by Gasteiger charge is 2.60. The molecular formula is C24H32N2O5. The summed E-state index contributed by atoms with van der Waals surface area (Å²) in [4.78, 5) is 33.6. The Bertz CT molecular complexity index is 855. The SMILES string of the molecule is CC(C)CO/N=C1\C[C@@H](O)[C@@H](O)[C@@H]2[C@@H]3C(=O)N([C@@H](C)c4ccccc4)C(=O)[C@@H]3CC[C@@H]12. The number of oxime groups is 1. The van der Waals surface area contributed by atoms with Crippen LogP contribution < -0.4 is 0 Å². The van der Waals surface area contributed by atoms with Gasteiger partial charge in [-0.25, -0.2) is 0 Å². The van der Waals surface area contributed by atoms with E-state index in [0.717, 1.165) is 5.56 Å². The van der Waals surface area contributed by atoms with Gasteiger partial charge in [0.15, 0.2) is 0 Å². The minimum absolute atomic E-state index is 0.171. The van der Waals surface area contributed by atoms with E-state index in [-0.39, 0.29) is 30.2 Å². The lowest BCUT2D eigenvalue weighted by Crippen LogP contribution is -2.54. The first-order valence-electron chi connectivity index (χ1n) is 11.3. The Hall–Kier alpha value is -2.25. The van der Waals surface area contributed by atoms with Crippen LogP contribution in [0.3, 0.4) is 0 Å². The highest BCUT2D eigenvalue weighted by atomic mass is 16.6. The van der Waals surface area contributed by atoms with Crippen molar-refractivity contribution in [3.05, 3.63) is 35.9 Å². The second-order valence-electron chi connectivity index (χ2n) is 9.56. The Morgan fingerprint density at radius 2 is 1.74 bits per heavy atom. The molecule has 0 aromatic heterocycles. The predicted molar refractivity (Wildman–Crippen MR) is 115 cm³/mol. The molecule has 1 heterocycles. The Kier molecular flexibility index (Phi) is 6.17. The van der Waals surface area contributed by atoms with Crippen LogP contribution in [0.4, 0.5) is 0 Å². The van der Waals surface area contributed by atoms with E-state index >= 15 is 0 Å². The quantitative estimate of drug-likeness (QED) is 0.555. The number of nitrogens with zero attached hydrogens (tertiary/aromatic N) is 2. The fourth-order valence-electron chi connectivity index (χ4n) is 5.53. The van der Waals surface area contributed by atoms with E-state index in [4.69, 9.17) is 4.84 Å². The molecule has 2 saturated carbocycles. The van der Waals surface area contributed by atoms with Crippen molar-refractivity contribution < 1.29 is 24.6 Å². The summed E-state index contributed by atoms with van der Waals surface area (Å²) in [5.41, 5.74) is 1.59. The largest absolute Gasteiger partial charge is 0.396 e. The Morgan fingerprint density at radius 1 is 1.06 bits per heavy atom. The van der Waals surface area contributed by atoms with Crippen LogP contribution in [-0.2, 0) is 14.4 Å². The molecule has 3 fully saturated rings. The summed E-state index contributed by atoms with van der Waals surface area (Å²) < 4.78 is 0. The number of amides is 2. The molecule has 7 nitrogen and oxygen atoms in total. The van der Waals surface area contributed by atoms with E-state index in [1.807, 2.05) is 51.1 Å². The van der Waals surface area contributed by atoms with Gasteiger partial charge in [-0.05, 0) is 31.2 Å².